The van der Waals surface area contributed by atoms with Gasteiger partial charge in [-0.1, -0.05) is 0 Å². The quantitative estimate of drug-likeness (QED) is 0.585. The van der Waals surface area contributed by atoms with Crippen LogP contribution in [0.15, 0.2) is 36.8 Å². The normalized spacial score (nSPS) is 25.7. The van der Waals surface area contributed by atoms with Crippen molar-refractivity contribution in [2.75, 3.05) is 30.0 Å². The molecule has 3 aliphatic rings. The monoisotopic (exact) mass is 472 g/mol. The summed E-state index contributed by atoms with van der Waals surface area (Å²) in [5, 5.41) is 27.6. The lowest BCUT2D eigenvalue weighted by atomic mass is 9.87. The van der Waals surface area contributed by atoms with Gasteiger partial charge in [-0.15, -0.1) is 0 Å². The van der Waals surface area contributed by atoms with Crippen LogP contribution >= 0.6 is 0 Å². The molecular weight excluding hydrogens is 444 g/mol. The highest BCUT2D eigenvalue weighted by Crippen LogP contribution is 2.40. The Kier molecular flexibility index (Phi) is 5.63. The SMILES string of the molecule is N#Cc1cncc(C(=O)Nc2cc3cn(C4CCC(CO)CC4)nc3cc2N2C[C@H]3C[C@@H]2CO3)c1. The molecule has 1 amide bonds. The van der Waals surface area contributed by atoms with Crippen molar-refractivity contribution in [2.24, 2.45) is 5.92 Å². The second-order valence-electron chi connectivity index (χ2n) is 9.92. The first-order chi connectivity index (χ1) is 17.1. The van der Waals surface area contributed by atoms with E-state index in [1.54, 1.807) is 6.07 Å². The van der Waals surface area contributed by atoms with Crippen LogP contribution in [0.2, 0.25) is 0 Å². The predicted octanol–water partition coefficient (Wildman–Crippen LogP) is 3.26. The number of hydrogen-bond donors (Lipinski definition) is 2. The van der Waals surface area contributed by atoms with Gasteiger partial charge in [0, 0.05) is 37.1 Å². The average molecular weight is 473 g/mol. The summed E-state index contributed by atoms with van der Waals surface area (Å²) in [6, 6.07) is 8.27. The topological polar surface area (TPSA) is 116 Å². The van der Waals surface area contributed by atoms with Gasteiger partial charge in [0.1, 0.15) is 6.07 Å². The van der Waals surface area contributed by atoms with Crippen molar-refractivity contribution in [3.63, 3.8) is 0 Å². The number of hydrogen-bond acceptors (Lipinski definition) is 7. The maximum atomic E-state index is 13.1. The molecule has 1 aliphatic carbocycles. The number of aromatic nitrogens is 3. The minimum atomic E-state index is -0.300. The number of benzene rings is 1. The third-order valence-electron chi connectivity index (χ3n) is 7.68. The highest BCUT2D eigenvalue weighted by atomic mass is 16.5. The Morgan fingerprint density at radius 2 is 2.06 bits per heavy atom. The molecule has 2 atom stereocenters. The molecule has 3 fully saturated rings. The fourth-order valence-corrected chi connectivity index (χ4v) is 5.71. The van der Waals surface area contributed by atoms with Crippen molar-refractivity contribution in [1.29, 1.82) is 5.26 Å². The molecule has 9 heteroatoms. The zero-order valence-corrected chi connectivity index (χ0v) is 19.4. The van der Waals surface area contributed by atoms with E-state index < -0.39 is 0 Å². The van der Waals surface area contributed by atoms with Crippen molar-refractivity contribution >= 4 is 28.2 Å². The molecule has 1 aromatic carbocycles. The molecule has 1 saturated carbocycles. The molecule has 2 aliphatic heterocycles. The van der Waals surface area contributed by atoms with Crippen LogP contribution in [0, 0.1) is 17.2 Å². The molecule has 2 N–H and O–H groups in total. The van der Waals surface area contributed by atoms with Crippen LogP contribution in [0.4, 0.5) is 11.4 Å². The minimum absolute atomic E-state index is 0.218. The zero-order chi connectivity index (χ0) is 23.9. The Bertz CT molecular complexity index is 1310. The number of aliphatic hydroxyl groups excluding tert-OH is 1. The summed E-state index contributed by atoms with van der Waals surface area (Å²) in [7, 11) is 0. The van der Waals surface area contributed by atoms with E-state index in [-0.39, 0.29) is 24.7 Å². The Hall–Kier alpha value is -3.48. The molecule has 2 aromatic heterocycles. The van der Waals surface area contributed by atoms with Crippen LogP contribution in [-0.2, 0) is 4.74 Å². The molecule has 0 unspecified atom stereocenters. The van der Waals surface area contributed by atoms with Crippen LogP contribution in [0.3, 0.4) is 0 Å². The van der Waals surface area contributed by atoms with Crippen LogP contribution in [0.25, 0.3) is 10.9 Å². The number of aliphatic hydroxyl groups is 1. The number of fused-ring (bicyclic) bond motifs is 3. The number of morpholine rings is 1. The maximum Gasteiger partial charge on any atom is 0.257 e. The lowest BCUT2D eigenvalue weighted by molar-refractivity contribution is 0.0991. The highest BCUT2D eigenvalue weighted by molar-refractivity contribution is 6.07. The van der Waals surface area contributed by atoms with Crippen molar-refractivity contribution in [3.8, 4) is 6.07 Å². The number of carbonyl (C=O) groups is 1. The van der Waals surface area contributed by atoms with Crippen molar-refractivity contribution in [3.05, 3.63) is 47.9 Å². The number of ether oxygens (including phenoxy) is 1. The number of amides is 1. The maximum absolute atomic E-state index is 13.1. The first-order valence-electron chi connectivity index (χ1n) is 12.3. The van der Waals surface area contributed by atoms with Gasteiger partial charge in [-0.05, 0) is 56.2 Å². The van der Waals surface area contributed by atoms with Crippen molar-refractivity contribution < 1.29 is 14.6 Å². The van der Waals surface area contributed by atoms with E-state index in [1.165, 1.54) is 12.4 Å². The number of carbonyl (C=O) groups excluding carboxylic acids is 1. The molecule has 3 aromatic rings. The fraction of sp³-hybridized carbons (Fsp3) is 0.462. The Balaban J connectivity index is 1.34. The van der Waals surface area contributed by atoms with E-state index >= 15 is 0 Å². The van der Waals surface area contributed by atoms with E-state index in [2.05, 4.69) is 32.1 Å². The van der Waals surface area contributed by atoms with E-state index in [1.807, 2.05) is 12.1 Å². The van der Waals surface area contributed by atoms with Crippen LogP contribution in [0.5, 0.6) is 0 Å². The molecule has 2 bridgehead atoms. The van der Waals surface area contributed by atoms with Crippen LogP contribution in [-0.4, -0.2) is 57.7 Å². The molecule has 4 heterocycles. The van der Waals surface area contributed by atoms with E-state index in [0.29, 0.717) is 29.7 Å². The van der Waals surface area contributed by atoms with Gasteiger partial charge in [0.15, 0.2) is 0 Å². The molecule has 9 nitrogen and oxygen atoms in total. The minimum Gasteiger partial charge on any atom is -0.396 e. The molecule has 180 valence electrons. The summed E-state index contributed by atoms with van der Waals surface area (Å²) >= 11 is 0. The molecule has 6 rings (SSSR count). The summed E-state index contributed by atoms with van der Waals surface area (Å²) in [4.78, 5) is 19.5. The number of nitriles is 1. The number of rotatable bonds is 5. The molecule has 0 radical (unpaired) electrons. The van der Waals surface area contributed by atoms with Crippen LogP contribution < -0.4 is 10.2 Å². The smallest absolute Gasteiger partial charge is 0.257 e. The third-order valence-corrected chi connectivity index (χ3v) is 7.68. The highest BCUT2D eigenvalue weighted by Gasteiger charge is 2.40. The predicted molar refractivity (Wildman–Crippen MR) is 130 cm³/mol. The number of nitrogens with one attached hydrogen (secondary N) is 1. The largest absolute Gasteiger partial charge is 0.396 e. The summed E-state index contributed by atoms with van der Waals surface area (Å²) in [5.41, 5.74) is 3.26. The summed E-state index contributed by atoms with van der Waals surface area (Å²) < 4.78 is 7.87. The lowest BCUT2D eigenvalue weighted by Crippen LogP contribution is -2.37. The molecular formula is C26H28N6O3. The van der Waals surface area contributed by atoms with Crippen molar-refractivity contribution in [2.45, 2.75) is 50.3 Å². The second-order valence-corrected chi connectivity index (χ2v) is 9.92. The molecule has 35 heavy (non-hydrogen) atoms. The Labute approximate surface area is 203 Å². The number of nitrogens with zero attached hydrogens (tertiary/aromatic N) is 5. The van der Waals surface area contributed by atoms with Crippen LogP contribution in [0.1, 0.15) is 54.1 Å². The van der Waals surface area contributed by atoms with Gasteiger partial charge in [-0.25, -0.2) is 0 Å². The van der Waals surface area contributed by atoms with Gasteiger partial charge in [-0.2, -0.15) is 10.4 Å². The standard InChI is InChI=1S/C26H28N6O3/c27-9-17-5-18(11-28-10-17)26(34)29-24-6-19-12-32(20-3-1-16(14-33)2-4-20)30-23(19)8-25(24)31-13-22-7-21(31)15-35-22/h5-6,8,10-12,16,20-22,33H,1-4,7,13-15H2,(H,29,34)/t16?,20?,21-,22-/m1/s1. The van der Waals surface area contributed by atoms with Crippen molar-refractivity contribution in [1.82, 2.24) is 14.8 Å². The van der Waals surface area contributed by atoms with E-state index in [4.69, 9.17) is 9.84 Å². The van der Waals surface area contributed by atoms with E-state index in [9.17, 15) is 15.2 Å². The first-order valence-corrected chi connectivity index (χ1v) is 12.3. The fourth-order valence-electron chi connectivity index (χ4n) is 5.71. The second kappa shape index (κ2) is 8.95. The summed E-state index contributed by atoms with van der Waals surface area (Å²) in [5.74, 6) is 0.0944. The third kappa shape index (κ3) is 4.13. The summed E-state index contributed by atoms with van der Waals surface area (Å²) in [6.45, 7) is 1.73. The van der Waals surface area contributed by atoms with E-state index in [0.717, 1.165) is 60.9 Å². The number of anilines is 2. The Morgan fingerprint density at radius 1 is 1.20 bits per heavy atom. The first kappa shape index (κ1) is 22.0. The average Bonchev–Trinajstić information content (AvgIpc) is 3.64. The van der Waals surface area contributed by atoms with Gasteiger partial charge in [0.25, 0.3) is 5.91 Å². The van der Waals surface area contributed by atoms with Gasteiger partial charge < -0.3 is 20.1 Å². The lowest BCUT2D eigenvalue weighted by Gasteiger charge is -2.30. The summed E-state index contributed by atoms with van der Waals surface area (Å²) in [6.07, 6.45) is 10.2. The zero-order valence-electron chi connectivity index (χ0n) is 19.4. The van der Waals surface area contributed by atoms with Gasteiger partial charge in [0.05, 0.1) is 52.8 Å². The van der Waals surface area contributed by atoms with Gasteiger partial charge in [-0.3, -0.25) is 14.5 Å². The van der Waals surface area contributed by atoms with Gasteiger partial charge >= 0.3 is 0 Å². The molecule has 0 spiro atoms. The number of pyridine rings is 1. The molecule has 2 saturated heterocycles. The Morgan fingerprint density at radius 3 is 2.77 bits per heavy atom. The van der Waals surface area contributed by atoms with Gasteiger partial charge in [0.2, 0.25) is 0 Å².